The molecule has 0 saturated carbocycles. The van der Waals surface area contributed by atoms with Gasteiger partial charge in [-0.25, -0.2) is 4.79 Å². The van der Waals surface area contributed by atoms with Gasteiger partial charge in [0.2, 0.25) is 0 Å². The van der Waals surface area contributed by atoms with Crippen LogP contribution < -0.4 is 0 Å². The highest BCUT2D eigenvalue weighted by atomic mass is 16.6. The Labute approximate surface area is 163 Å². The summed E-state index contributed by atoms with van der Waals surface area (Å²) in [5.41, 5.74) is 4.64. The van der Waals surface area contributed by atoms with Crippen molar-refractivity contribution in [2.45, 2.75) is 30.9 Å². The van der Waals surface area contributed by atoms with Crippen molar-refractivity contribution in [2.75, 3.05) is 20.3 Å². The quantitative estimate of drug-likeness (QED) is 0.858. The molecule has 1 unspecified atom stereocenters. The molecule has 2 aromatic rings. The molecule has 28 heavy (non-hydrogen) atoms. The van der Waals surface area contributed by atoms with Crippen LogP contribution in [-0.2, 0) is 14.3 Å². The van der Waals surface area contributed by atoms with Crippen molar-refractivity contribution in [2.24, 2.45) is 0 Å². The van der Waals surface area contributed by atoms with Gasteiger partial charge in [-0.3, -0.25) is 4.79 Å². The second kappa shape index (κ2) is 7.64. The minimum Gasteiger partial charge on any atom is -0.481 e. The molecular formula is C22H23NO5. The number of rotatable bonds is 5. The smallest absolute Gasteiger partial charge is 0.410 e. The first-order valence-electron chi connectivity index (χ1n) is 9.44. The third-order valence-corrected chi connectivity index (χ3v) is 5.69. The van der Waals surface area contributed by atoms with E-state index in [1.165, 1.54) is 16.0 Å². The zero-order valence-electron chi connectivity index (χ0n) is 15.7. The molecule has 1 N–H and O–H groups in total. The number of hydrogen-bond acceptors (Lipinski definition) is 4. The van der Waals surface area contributed by atoms with Gasteiger partial charge < -0.3 is 19.5 Å². The van der Waals surface area contributed by atoms with Crippen LogP contribution in [0.3, 0.4) is 0 Å². The first kappa shape index (κ1) is 18.5. The molecule has 2 aliphatic rings. The fourth-order valence-corrected chi connectivity index (χ4v) is 4.34. The molecule has 6 nitrogen and oxygen atoms in total. The van der Waals surface area contributed by atoms with Gasteiger partial charge in [0.05, 0.1) is 19.1 Å². The Morgan fingerprint density at radius 3 is 2.25 bits per heavy atom. The van der Waals surface area contributed by atoms with Gasteiger partial charge in [-0.1, -0.05) is 48.5 Å². The van der Waals surface area contributed by atoms with Gasteiger partial charge in [-0.2, -0.15) is 0 Å². The van der Waals surface area contributed by atoms with Gasteiger partial charge in [0.1, 0.15) is 6.61 Å². The highest BCUT2D eigenvalue weighted by Gasteiger charge is 2.38. The van der Waals surface area contributed by atoms with Crippen molar-refractivity contribution in [3.63, 3.8) is 0 Å². The summed E-state index contributed by atoms with van der Waals surface area (Å²) < 4.78 is 11.0. The molecule has 1 aliphatic heterocycles. The van der Waals surface area contributed by atoms with Crippen LogP contribution in [0.2, 0.25) is 0 Å². The van der Waals surface area contributed by atoms with Crippen LogP contribution in [0.15, 0.2) is 48.5 Å². The molecule has 0 bridgehead atoms. The summed E-state index contributed by atoms with van der Waals surface area (Å²) in [4.78, 5) is 25.4. The first-order chi connectivity index (χ1) is 13.6. The number of carbonyl (C=O) groups is 2. The van der Waals surface area contributed by atoms with E-state index in [9.17, 15) is 9.59 Å². The zero-order valence-corrected chi connectivity index (χ0v) is 15.7. The fourth-order valence-electron chi connectivity index (χ4n) is 4.34. The van der Waals surface area contributed by atoms with Crippen molar-refractivity contribution >= 4 is 12.1 Å². The third kappa shape index (κ3) is 3.36. The van der Waals surface area contributed by atoms with Crippen molar-refractivity contribution in [1.29, 1.82) is 0 Å². The normalized spacial score (nSPS) is 20.7. The number of methoxy groups -OCH3 is 1. The Balaban J connectivity index is 1.50. The Kier molecular flexibility index (Phi) is 5.05. The molecule has 1 saturated heterocycles. The highest BCUT2D eigenvalue weighted by molar-refractivity contribution is 5.79. The topological polar surface area (TPSA) is 76.1 Å². The number of nitrogens with zero attached hydrogens (tertiary/aromatic N) is 1. The van der Waals surface area contributed by atoms with Crippen LogP contribution >= 0.6 is 0 Å². The average Bonchev–Trinajstić information content (AvgIpc) is 3.25. The predicted molar refractivity (Wildman–Crippen MR) is 103 cm³/mol. The Morgan fingerprint density at radius 2 is 1.68 bits per heavy atom. The summed E-state index contributed by atoms with van der Waals surface area (Å²) in [6.45, 7) is 0.575. The number of amides is 1. The summed E-state index contributed by atoms with van der Waals surface area (Å²) in [6, 6.07) is 15.9. The van der Waals surface area contributed by atoms with E-state index in [0.29, 0.717) is 13.0 Å². The highest BCUT2D eigenvalue weighted by Crippen LogP contribution is 2.44. The van der Waals surface area contributed by atoms with Crippen molar-refractivity contribution < 1.29 is 24.2 Å². The number of aliphatic carboxylic acids is 1. The molecule has 2 aromatic carbocycles. The van der Waals surface area contributed by atoms with Crippen LogP contribution in [0.1, 0.15) is 29.9 Å². The second-order valence-electron chi connectivity index (χ2n) is 7.30. The van der Waals surface area contributed by atoms with Gasteiger partial charge in [0, 0.05) is 19.1 Å². The minimum absolute atomic E-state index is 0.0184. The van der Waals surface area contributed by atoms with Crippen LogP contribution in [0, 0.1) is 0 Å². The Morgan fingerprint density at radius 1 is 1.07 bits per heavy atom. The van der Waals surface area contributed by atoms with Gasteiger partial charge in [-0.15, -0.1) is 0 Å². The standard InChI is InChI=1S/C22H23NO5/c1-27-15-10-14(11-21(24)25)23(12-15)22(26)28-13-20-18-8-4-2-6-16(18)17-7-3-5-9-19(17)20/h2-9,14-15,20H,10-13H2,1H3,(H,24,25)/t14?,15-/m1/s1. The molecule has 0 spiro atoms. The maximum atomic E-state index is 12.7. The van der Waals surface area contributed by atoms with Gasteiger partial charge in [0.25, 0.3) is 0 Å². The van der Waals surface area contributed by atoms with E-state index in [2.05, 4.69) is 24.3 Å². The molecule has 1 heterocycles. The van der Waals surface area contributed by atoms with E-state index in [4.69, 9.17) is 14.6 Å². The maximum absolute atomic E-state index is 12.7. The van der Waals surface area contributed by atoms with E-state index >= 15 is 0 Å². The largest absolute Gasteiger partial charge is 0.481 e. The Hall–Kier alpha value is -2.86. The van der Waals surface area contributed by atoms with Gasteiger partial charge in [-0.05, 0) is 28.7 Å². The summed E-state index contributed by atoms with van der Waals surface area (Å²) >= 11 is 0. The number of carboxylic acids is 1. The van der Waals surface area contributed by atoms with Gasteiger partial charge >= 0.3 is 12.1 Å². The van der Waals surface area contributed by atoms with E-state index in [1.54, 1.807) is 7.11 Å². The average molecular weight is 381 g/mol. The summed E-state index contributed by atoms with van der Waals surface area (Å²) in [5.74, 6) is -0.951. The minimum atomic E-state index is -0.932. The van der Waals surface area contributed by atoms with Gasteiger partial charge in [0.15, 0.2) is 0 Å². The molecule has 0 radical (unpaired) electrons. The zero-order chi connectivity index (χ0) is 19.7. The summed E-state index contributed by atoms with van der Waals surface area (Å²) in [5, 5.41) is 9.13. The predicted octanol–water partition coefficient (Wildman–Crippen LogP) is 3.50. The molecule has 1 amide bonds. The van der Waals surface area contributed by atoms with E-state index in [0.717, 1.165) is 11.1 Å². The molecule has 0 aromatic heterocycles. The van der Waals surface area contributed by atoms with E-state index in [1.807, 2.05) is 24.3 Å². The van der Waals surface area contributed by atoms with Crippen LogP contribution in [-0.4, -0.2) is 54.5 Å². The molecule has 2 atom stereocenters. The van der Waals surface area contributed by atoms with E-state index < -0.39 is 18.1 Å². The lowest BCUT2D eigenvalue weighted by Gasteiger charge is -2.24. The number of hydrogen-bond donors (Lipinski definition) is 1. The number of likely N-dealkylation sites (tertiary alicyclic amines) is 1. The number of carboxylic acid groups (broad SMARTS) is 1. The molecule has 1 aliphatic carbocycles. The summed E-state index contributed by atoms with van der Waals surface area (Å²) in [7, 11) is 1.57. The van der Waals surface area contributed by atoms with Crippen LogP contribution in [0.4, 0.5) is 4.79 Å². The monoisotopic (exact) mass is 381 g/mol. The molecule has 1 fully saturated rings. The Bertz CT molecular complexity index is 851. The van der Waals surface area contributed by atoms with E-state index in [-0.39, 0.29) is 25.0 Å². The molecule has 6 heteroatoms. The lowest BCUT2D eigenvalue weighted by Crippen LogP contribution is -2.38. The van der Waals surface area contributed by atoms with Crippen LogP contribution in [0.25, 0.3) is 11.1 Å². The SMILES string of the molecule is CO[C@@H]1CC(CC(=O)O)N(C(=O)OCC2c3ccccc3-c3ccccc32)C1. The van der Waals surface area contributed by atoms with Crippen molar-refractivity contribution in [3.05, 3.63) is 59.7 Å². The second-order valence-corrected chi connectivity index (χ2v) is 7.30. The third-order valence-electron chi connectivity index (χ3n) is 5.69. The molecule has 146 valence electrons. The number of fused-ring (bicyclic) bond motifs is 3. The van der Waals surface area contributed by atoms with Crippen molar-refractivity contribution in [3.8, 4) is 11.1 Å². The lowest BCUT2D eigenvalue weighted by molar-refractivity contribution is -0.138. The number of carbonyl (C=O) groups excluding carboxylic acids is 1. The number of benzene rings is 2. The number of ether oxygens (including phenoxy) is 2. The van der Waals surface area contributed by atoms with Crippen molar-refractivity contribution in [1.82, 2.24) is 4.90 Å². The molecular weight excluding hydrogens is 358 g/mol. The lowest BCUT2D eigenvalue weighted by atomic mass is 9.98. The summed E-state index contributed by atoms with van der Waals surface area (Å²) in [6.07, 6.45) is -0.241. The first-order valence-corrected chi connectivity index (χ1v) is 9.44. The van der Waals surface area contributed by atoms with Crippen LogP contribution in [0.5, 0.6) is 0 Å². The molecule has 4 rings (SSSR count). The fraction of sp³-hybridized carbons (Fsp3) is 0.364. The maximum Gasteiger partial charge on any atom is 0.410 e.